The predicted molar refractivity (Wildman–Crippen MR) is 81.9 cm³/mol. The Bertz CT molecular complexity index is 439. The molecule has 118 valence electrons. The number of hydrogen-bond acceptors (Lipinski definition) is 4. The second-order valence-electron chi connectivity index (χ2n) is 6.58. The molecule has 5 heteroatoms. The van der Waals surface area contributed by atoms with Gasteiger partial charge in [-0.25, -0.2) is 4.98 Å². The monoisotopic (exact) mass is 292 g/mol. The summed E-state index contributed by atoms with van der Waals surface area (Å²) >= 11 is 0. The van der Waals surface area contributed by atoms with Gasteiger partial charge in [0, 0.05) is 0 Å². The third kappa shape index (κ3) is 3.83. The highest BCUT2D eigenvalue weighted by Gasteiger charge is 2.40. The zero-order valence-electron chi connectivity index (χ0n) is 13.2. The Labute approximate surface area is 127 Å². The SMILES string of the molecule is CCCNCc1ncn(CC2CCC3(CCCCC3)O2)n1. The lowest BCUT2D eigenvalue weighted by Gasteiger charge is -2.33. The minimum Gasteiger partial charge on any atom is -0.370 e. The minimum absolute atomic E-state index is 0.203. The van der Waals surface area contributed by atoms with Gasteiger partial charge in [-0.3, -0.25) is 4.68 Å². The van der Waals surface area contributed by atoms with Gasteiger partial charge in [-0.15, -0.1) is 0 Å². The molecule has 2 fully saturated rings. The third-order valence-electron chi connectivity index (χ3n) is 4.79. The summed E-state index contributed by atoms with van der Waals surface area (Å²) < 4.78 is 8.35. The van der Waals surface area contributed by atoms with Crippen molar-refractivity contribution in [2.24, 2.45) is 0 Å². The molecule has 1 aromatic rings. The molecular formula is C16H28N4O. The van der Waals surface area contributed by atoms with Crippen LogP contribution < -0.4 is 5.32 Å². The van der Waals surface area contributed by atoms with Crippen LogP contribution in [0.5, 0.6) is 0 Å². The molecule has 1 aromatic heterocycles. The third-order valence-corrected chi connectivity index (χ3v) is 4.79. The summed E-state index contributed by atoms with van der Waals surface area (Å²) in [6.07, 6.45) is 12.3. The van der Waals surface area contributed by atoms with Crippen LogP contribution in [0.3, 0.4) is 0 Å². The molecule has 1 aliphatic heterocycles. The van der Waals surface area contributed by atoms with Crippen LogP contribution in [0.25, 0.3) is 0 Å². The second kappa shape index (κ2) is 6.88. The molecule has 1 spiro atoms. The number of nitrogens with zero attached hydrogens (tertiary/aromatic N) is 3. The second-order valence-corrected chi connectivity index (χ2v) is 6.58. The van der Waals surface area contributed by atoms with E-state index in [-0.39, 0.29) is 5.60 Å². The first kappa shape index (κ1) is 15.0. The topological polar surface area (TPSA) is 52.0 Å². The van der Waals surface area contributed by atoms with Gasteiger partial charge in [-0.2, -0.15) is 5.10 Å². The van der Waals surface area contributed by atoms with Gasteiger partial charge in [-0.05, 0) is 38.6 Å². The van der Waals surface area contributed by atoms with Crippen molar-refractivity contribution >= 4 is 0 Å². The van der Waals surface area contributed by atoms with Gasteiger partial charge in [0.15, 0.2) is 5.82 Å². The number of hydrogen-bond donors (Lipinski definition) is 1. The van der Waals surface area contributed by atoms with Crippen molar-refractivity contribution in [1.29, 1.82) is 0 Å². The zero-order chi connectivity index (χ0) is 14.5. The fraction of sp³-hybridized carbons (Fsp3) is 0.875. The van der Waals surface area contributed by atoms with Crippen LogP contribution in [0.4, 0.5) is 0 Å². The van der Waals surface area contributed by atoms with Crippen molar-refractivity contribution in [3.63, 3.8) is 0 Å². The lowest BCUT2D eigenvalue weighted by atomic mass is 9.83. The van der Waals surface area contributed by atoms with Crippen molar-refractivity contribution in [2.75, 3.05) is 6.54 Å². The fourth-order valence-corrected chi connectivity index (χ4v) is 3.68. The minimum atomic E-state index is 0.203. The maximum atomic E-state index is 6.40. The molecule has 0 amide bonds. The highest BCUT2D eigenvalue weighted by Crippen LogP contribution is 2.42. The smallest absolute Gasteiger partial charge is 0.164 e. The molecular weight excluding hydrogens is 264 g/mol. The number of aromatic nitrogens is 3. The standard InChI is InChI=1S/C16H28N4O/c1-2-10-17-11-15-18-13-20(19-15)12-14-6-9-16(21-14)7-4-3-5-8-16/h13-14,17H,2-12H2,1H3. The van der Waals surface area contributed by atoms with Crippen molar-refractivity contribution in [3.05, 3.63) is 12.2 Å². The van der Waals surface area contributed by atoms with Crippen LogP contribution in [0.2, 0.25) is 0 Å². The van der Waals surface area contributed by atoms with Crippen molar-refractivity contribution in [1.82, 2.24) is 20.1 Å². The molecule has 0 bridgehead atoms. The van der Waals surface area contributed by atoms with Crippen molar-refractivity contribution < 1.29 is 4.74 Å². The molecule has 2 heterocycles. The van der Waals surface area contributed by atoms with Gasteiger partial charge in [0.25, 0.3) is 0 Å². The first-order valence-electron chi connectivity index (χ1n) is 8.56. The lowest BCUT2D eigenvalue weighted by molar-refractivity contribution is -0.0688. The van der Waals surface area contributed by atoms with Crippen LogP contribution >= 0.6 is 0 Å². The summed E-state index contributed by atoms with van der Waals surface area (Å²) in [6, 6.07) is 0. The molecule has 1 saturated heterocycles. The van der Waals surface area contributed by atoms with Crippen LogP contribution in [0, 0.1) is 0 Å². The Balaban J connectivity index is 1.48. The van der Waals surface area contributed by atoms with Gasteiger partial charge in [0.05, 0.1) is 24.8 Å². The van der Waals surface area contributed by atoms with E-state index < -0.39 is 0 Å². The van der Waals surface area contributed by atoms with Gasteiger partial charge >= 0.3 is 0 Å². The van der Waals surface area contributed by atoms with Crippen LogP contribution in [-0.2, 0) is 17.8 Å². The first-order valence-corrected chi connectivity index (χ1v) is 8.56. The Hall–Kier alpha value is -0.940. The van der Waals surface area contributed by atoms with E-state index in [4.69, 9.17) is 4.74 Å². The van der Waals surface area contributed by atoms with E-state index >= 15 is 0 Å². The molecule has 0 radical (unpaired) electrons. The summed E-state index contributed by atoms with van der Waals surface area (Å²) in [5, 5.41) is 7.88. The Morgan fingerprint density at radius 1 is 1.33 bits per heavy atom. The average molecular weight is 292 g/mol. The summed E-state index contributed by atoms with van der Waals surface area (Å²) in [6.45, 7) is 4.79. The van der Waals surface area contributed by atoms with E-state index in [1.807, 2.05) is 11.0 Å². The molecule has 0 aromatic carbocycles. The number of ether oxygens (including phenoxy) is 1. The number of rotatable bonds is 6. The van der Waals surface area contributed by atoms with E-state index in [0.29, 0.717) is 6.10 Å². The maximum absolute atomic E-state index is 6.40. The molecule has 2 aliphatic rings. The van der Waals surface area contributed by atoms with Gasteiger partial charge in [-0.1, -0.05) is 26.2 Å². The van der Waals surface area contributed by atoms with Gasteiger partial charge < -0.3 is 10.1 Å². The highest BCUT2D eigenvalue weighted by molar-refractivity contribution is 4.91. The molecule has 21 heavy (non-hydrogen) atoms. The fourth-order valence-electron chi connectivity index (χ4n) is 3.68. The van der Waals surface area contributed by atoms with E-state index in [2.05, 4.69) is 22.3 Å². The molecule has 1 saturated carbocycles. The molecule has 1 unspecified atom stereocenters. The highest BCUT2D eigenvalue weighted by atomic mass is 16.5. The Morgan fingerprint density at radius 2 is 2.19 bits per heavy atom. The average Bonchev–Trinajstić information content (AvgIpc) is 3.09. The summed E-state index contributed by atoms with van der Waals surface area (Å²) in [5.74, 6) is 0.883. The first-order chi connectivity index (χ1) is 10.3. The van der Waals surface area contributed by atoms with E-state index in [9.17, 15) is 0 Å². The van der Waals surface area contributed by atoms with Crippen molar-refractivity contribution in [2.45, 2.75) is 83.1 Å². The van der Waals surface area contributed by atoms with Gasteiger partial charge in [0.1, 0.15) is 6.33 Å². The quantitative estimate of drug-likeness (QED) is 0.819. The van der Waals surface area contributed by atoms with Crippen LogP contribution in [-0.4, -0.2) is 33.0 Å². The van der Waals surface area contributed by atoms with E-state index in [0.717, 1.165) is 31.9 Å². The van der Waals surface area contributed by atoms with Crippen molar-refractivity contribution in [3.8, 4) is 0 Å². The summed E-state index contributed by atoms with van der Waals surface area (Å²) in [7, 11) is 0. The zero-order valence-corrected chi connectivity index (χ0v) is 13.2. The molecule has 5 nitrogen and oxygen atoms in total. The summed E-state index contributed by atoms with van der Waals surface area (Å²) in [4.78, 5) is 4.37. The van der Waals surface area contributed by atoms with Crippen LogP contribution in [0.15, 0.2) is 6.33 Å². The molecule has 1 N–H and O–H groups in total. The normalized spacial score (nSPS) is 24.7. The molecule has 1 aliphatic carbocycles. The predicted octanol–water partition coefficient (Wildman–Crippen LogP) is 2.66. The Morgan fingerprint density at radius 3 is 3.00 bits per heavy atom. The molecule has 3 rings (SSSR count). The maximum Gasteiger partial charge on any atom is 0.164 e. The van der Waals surface area contributed by atoms with E-state index in [1.54, 1.807) is 0 Å². The Kier molecular flexibility index (Phi) is 4.91. The largest absolute Gasteiger partial charge is 0.370 e. The van der Waals surface area contributed by atoms with Crippen LogP contribution in [0.1, 0.15) is 64.1 Å². The van der Waals surface area contributed by atoms with E-state index in [1.165, 1.54) is 44.9 Å². The van der Waals surface area contributed by atoms with Gasteiger partial charge in [0.2, 0.25) is 0 Å². The number of nitrogens with one attached hydrogen (secondary N) is 1. The lowest BCUT2D eigenvalue weighted by Crippen LogP contribution is -2.32. The molecule has 1 atom stereocenters. The summed E-state index contributed by atoms with van der Waals surface area (Å²) in [5.41, 5.74) is 0.203.